The van der Waals surface area contributed by atoms with Gasteiger partial charge < -0.3 is 20.1 Å². The second-order valence-electron chi connectivity index (χ2n) is 10.0. The van der Waals surface area contributed by atoms with Crippen molar-refractivity contribution in [2.45, 2.75) is 18.6 Å². The van der Waals surface area contributed by atoms with E-state index in [0.29, 0.717) is 49.7 Å². The van der Waals surface area contributed by atoms with E-state index in [0.717, 1.165) is 27.7 Å². The van der Waals surface area contributed by atoms with E-state index in [1.807, 2.05) is 41.1 Å². The van der Waals surface area contributed by atoms with Gasteiger partial charge in [0.1, 0.15) is 15.7 Å². The minimum atomic E-state index is -2.99. The third-order valence-electron chi connectivity index (χ3n) is 6.91. The number of anilines is 1. The van der Waals surface area contributed by atoms with Gasteiger partial charge in [-0.3, -0.25) is 10.4 Å². The van der Waals surface area contributed by atoms with Crippen LogP contribution in [0.15, 0.2) is 65.8 Å². The minimum absolute atomic E-state index is 0.0954. The van der Waals surface area contributed by atoms with E-state index in [1.54, 1.807) is 25.7 Å². The predicted molar refractivity (Wildman–Crippen MR) is 158 cm³/mol. The first kappa shape index (κ1) is 28.5. The first-order chi connectivity index (χ1) is 19.7. The van der Waals surface area contributed by atoms with Crippen molar-refractivity contribution >= 4 is 32.8 Å². The summed E-state index contributed by atoms with van der Waals surface area (Å²) in [7, 11) is -1.42. The second kappa shape index (κ2) is 11.9. The Bertz CT molecular complexity index is 1690. The van der Waals surface area contributed by atoms with Crippen LogP contribution in [0.1, 0.15) is 23.1 Å². The van der Waals surface area contributed by atoms with Gasteiger partial charge in [-0.15, -0.1) is 0 Å². The van der Waals surface area contributed by atoms with E-state index in [2.05, 4.69) is 20.7 Å². The number of ether oxygens (including phenoxy) is 2. The lowest BCUT2D eigenvalue weighted by Gasteiger charge is -2.32. The lowest BCUT2D eigenvalue weighted by Crippen LogP contribution is -2.39. The molecule has 1 aliphatic heterocycles. The van der Waals surface area contributed by atoms with Crippen molar-refractivity contribution < 1.29 is 22.3 Å². The molecule has 216 valence electrons. The Morgan fingerprint density at radius 1 is 1.12 bits per heavy atom. The van der Waals surface area contributed by atoms with Gasteiger partial charge >= 0.3 is 0 Å². The van der Waals surface area contributed by atoms with Crippen LogP contribution in [-0.2, 0) is 22.0 Å². The second-order valence-corrected chi connectivity index (χ2v) is 12.3. The molecular weight excluding hydrogens is 547 g/mol. The highest BCUT2D eigenvalue weighted by molar-refractivity contribution is 7.90. The van der Waals surface area contributed by atoms with Crippen molar-refractivity contribution in [3.05, 3.63) is 83.3 Å². The molecule has 10 nitrogen and oxygen atoms in total. The van der Waals surface area contributed by atoms with Crippen molar-refractivity contribution in [1.29, 1.82) is 0 Å². The molecule has 4 aromatic rings. The molecule has 0 amide bonds. The van der Waals surface area contributed by atoms with E-state index in [1.165, 1.54) is 18.4 Å². The Kier molecular flexibility index (Phi) is 8.25. The molecule has 4 N–H and O–H groups in total. The molecule has 0 radical (unpaired) electrons. The highest BCUT2D eigenvalue weighted by Gasteiger charge is 2.35. The molecule has 41 heavy (non-hydrogen) atoms. The normalized spacial score (nSPS) is 16.4. The molecule has 1 aliphatic rings. The number of rotatable bonds is 12. The summed E-state index contributed by atoms with van der Waals surface area (Å²) in [4.78, 5) is 4.63. The first-order valence-electron chi connectivity index (χ1n) is 13.2. The van der Waals surface area contributed by atoms with E-state index >= 15 is 0 Å². The summed E-state index contributed by atoms with van der Waals surface area (Å²) in [5, 5.41) is 11.7. The van der Waals surface area contributed by atoms with E-state index in [9.17, 15) is 12.8 Å². The Morgan fingerprint density at radius 2 is 1.98 bits per heavy atom. The number of nitrogens with zero attached hydrogens (tertiary/aromatic N) is 3. The van der Waals surface area contributed by atoms with E-state index in [-0.39, 0.29) is 11.6 Å². The summed E-state index contributed by atoms with van der Waals surface area (Å²) in [6.45, 7) is 1.84. The standard InChI is InChI=1S/C29H33FN6O4S/c1-39-27-16-25-24(15-28(27)40-11-4-9-32-10-12-41(2,37)38)29(31,34-19-33-25)22-7-8-26-21(14-22)17-35-36(26)18-20-5-3-6-23(30)13-20/h3,5-8,13-17,19,32H,4,9-12,18,31H2,1-2H3,(H,33,34). The van der Waals surface area contributed by atoms with Crippen LogP contribution in [0.4, 0.5) is 10.1 Å². The number of nitrogens with two attached hydrogens (primary N) is 1. The molecule has 1 atom stereocenters. The maximum atomic E-state index is 13.7. The van der Waals surface area contributed by atoms with Crippen molar-refractivity contribution in [2.24, 2.45) is 10.7 Å². The number of benzene rings is 3. The highest BCUT2D eigenvalue weighted by Crippen LogP contribution is 2.42. The Morgan fingerprint density at radius 3 is 2.76 bits per heavy atom. The zero-order valence-electron chi connectivity index (χ0n) is 22.9. The molecule has 0 saturated heterocycles. The fourth-order valence-electron chi connectivity index (χ4n) is 4.79. The average molecular weight is 581 g/mol. The number of methoxy groups -OCH3 is 1. The topological polar surface area (TPSA) is 133 Å². The average Bonchev–Trinajstić information content (AvgIpc) is 3.33. The fraction of sp³-hybridized carbons (Fsp3) is 0.310. The zero-order valence-corrected chi connectivity index (χ0v) is 23.7. The van der Waals surface area contributed by atoms with E-state index < -0.39 is 15.5 Å². The summed E-state index contributed by atoms with van der Waals surface area (Å²) >= 11 is 0. The van der Waals surface area contributed by atoms with Crippen molar-refractivity contribution in [1.82, 2.24) is 15.1 Å². The van der Waals surface area contributed by atoms with Gasteiger partial charge in [0.05, 0.1) is 49.8 Å². The van der Waals surface area contributed by atoms with Crippen LogP contribution in [0.25, 0.3) is 10.9 Å². The summed E-state index contributed by atoms with van der Waals surface area (Å²) < 4.78 is 49.7. The first-order valence-corrected chi connectivity index (χ1v) is 15.3. The SMILES string of the molecule is COc1cc2c(cc1OCCCNCCS(C)(=O)=O)C(N)(c1ccc3c(cnn3Cc3cccc(F)c3)c1)N=CN2. The third-order valence-corrected chi connectivity index (χ3v) is 7.86. The maximum Gasteiger partial charge on any atom is 0.163 e. The highest BCUT2D eigenvalue weighted by atomic mass is 32.2. The number of halogens is 1. The van der Waals surface area contributed by atoms with Crippen molar-refractivity contribution in [2.75, 3.05) is 44.1 Å². The quantitative estimate of drug-likeness (QED) is 0.218. The number of aliphatic imine (C=N–C) groups is 1. The minimum Gasteiger partial charge on any atom is -0.493 e. The van der Waals surface area contributed by atoms with Gasteiger partial charge in [-0.1, -0.05) is 18.2 Å². The summed E-state index contributed by atoms with van der Waals surface area (Å²) in [6, 6.07) is 16.0. The van der Waals surface area contributed by atoms with Crippen LogP contribution in [0.3, 0.4) is 0 Å². The number of aromatic nitrogens is 2. The number of hydrogen-bond acceptors (Lipinski definition) is 9. The van der Waals surface area contributed by atoms with Crippen LogP contribution in [0.5, 0.6) is 11.5 Å². The summed E-state index contributed by atoms with van der Waals surface area (Å²) in [5.74, 6) is 0.890. The molecular formula is C29H33FN6O4S. The molecule has 0 bridgehead atoms. The summed E-state index contributed by atoms with van der Waals surface area (Å²) in [6.07, 6.45) is 5.23. The Hall–Kier alpha value is -4.00. The van der Waals surface area contributed by atoms with Gasteiger partial charge in [-0.25, -0.2) is 17.8 Å². The lowest BCUT2D eigenvalue weighted by molar-refractivity contribution is 0.287. The number of fused-ring (bicyclic) bond motifs is 2. The van der Waals surface area contributed by atoms with Crippen LogP contribution in [-0.4, -0.2) is 63.4 Å². The molecule has 1 unspecified atom stereocenters. The van der Waals surface area contributed by atoms with Crippen LogP contribution >= 0.6 is 0 Å². The maximum absolute atomic E-state index is 13.7. The zero-order chi connectivity index (χ0) is 29.0. The molecule has 0 aliphatic carbocycles. The van der Waals surface area contributed by atoms with E-state index in [4.69, 9.17) is 15.2 Å². The van der Waals surface area contributed by atoms with Gasteiger partial charge in [-0.2, -0.15) is 5.10 Å². The monoisotopic (exact) mass is 580 g/mol. The lowest BCUT2D eigenvalue weighted by atomic mass is 9.89. The molecule has 0 spiro atoms. The Labute approximate surface area is 238 Å². The molecule has 12 heteroatoms. The molecule has 3 aromatic carbocycles. The van der Waals surface area contributed by atoms with Gasteiger partial charge in [0.2, 0.25) is 0 Å². The Balaban J connectivity index is 1.35. The summed E-state index contributed by atoms with van der Waals surface area (Å²) in [5.41, 5.74) is 9.71. The van der Waals surface area contributed by atoms with Crippen LogP contribution in [0.2, 0.25) is 0 Å². The number of nitrogens with one attached hydrogen (secondary N) is 2. The molecule has 2 heterocycles. The van der Waals surface area contributed by atoms with Gasteiger partial charge in [0.15, 0.2) is 17.2 Å². The predicted octanol–water partition coefficient (Wildman–Crippen LogP) is 3.25. The van der Waals surface area contributed by atoms with Gasteiger partial charge in [0, 0.05) is 29.8 Å². The molecule has 0 fully saturated rings. The van der Waals surface area contributed by atoms with Gasteiger partial charge in [0.25, 0.3) is 0 Å². The largest absolute Gasteiger partial charge is 0.493 e. The molecule has 0 saturated carbocycles. The van der Waals surface area contributed by atoms with Crippen LogP contribution in [0, 0.1) is 5.82 Å². The smallest absolute Gasteiger partial charge is 0.163 e. The molecule has 5 rings (SSSR count). The van der Waals surface area contributed by atoms with Crippen molar-refractivity contribution in [3.8, 4) is 11.5 Å². The van der Waals surface area contributed by atoms with Gasteiger partial charge in [-0.05, 0) is 54.4 Å². The fourth-order valence-corrected chi connectivity index (χ4v) is 5.31. The third kappa shape index (κ3) is 6.50. The van der Waals surface area contributed by atoms with Crippen LogP contribution < -0.4 is 25.8 Å². The number of sulfone groups is 1. The van der Waals surface area contributed by atoms with Crippen molar-refractivity contribution in [3.63, 3.8) is 0 Å². The number of hydrogen-bond donors (Lipinski definition) is 3. The molecule has 1 aromatic heterocycles.